The van der Waals surface area contributed by atoms with Gasteiger partial charge in [0.25, 0.3) is 0 Å². The Balaban J connectivity index is 2.73. The molecule has 1 atom stereocenters. The van der Waals surface area contributed by atoms with Crippen molar-refractivity contribution in [1.82, 2.24) is 4.72 Å². The zero-order valence-electron chi connectivity index (χ0n) is 9.54. The van der Waals surface area contributed by atoms with Gasteiger partial charge in [-0.25, -0.2) is 13.1 Å². The van der Waals surface area contributed by atoms with Gasteiger partial charge in [0.2, 0.25) is 10.0 Å². The molecule has 0 aliphatic heterocycles. The molecule has 1 unspecified atom stereocenters. The summed E-state index contributed by atoms with van der Waals surface area (Å²) in [6.07, 6.45) is -0.722. The van der Waals surface area contributed by atoms with E-state index in [0.29, 0.717) is 4.88 Å². The Morgan fingerprint density at radius 1 is 1.53 bits per heavy atom. The molecule has 0 saturated heterocycles. The monoisotopic (exact) mass is 274 g/mol. The number of nitriles is 1. The van der Waals surface area contributed by atoms with E-state index in [1.165, 1.54) is 12.1 Å². The zero-order valence-corrected chi connectivity index (χ0v) is 11.2. The first-order valence-electron chi connectivity index (χ1n) is 5.04. The second kappa shape index (κ2) is 5.60. The lowest BCUT2D eigenvalue weighted by molar-refractivity contribution is 0.129. The average Bonchev–Trinajstić information content (AvgIpc) is 2.75. The molecule has 0 aromatic carbocycles. The van der Waals surface area contributed by atoms with Gasteiger partial charge in [0.15, 0.2) is 0 Å². The maximum atomic E-state index is 11.8. The molecule has 7 heteroatoms. The molecule has 0 fully saturated rings. The quantitative estimate of drug-likeness (QED) is 0.835. The van der Waals surface area contributed by atoms with E-state index in [2.05, 4.69) is 4.72 Å². The van der Waals surface area contributed by atoms with Crippen LogP contribution in [-0.4, -0.2) is 26.2 Å². The van der Waals surface area contributed by atoms with Crippen LogP contribution in [0.15, 0.2) is 16.3 Å². The predicted molar refractivity (Wildman–Crippen MR) is 65.1 cm³/mol. The minimum atomic E-state index is -3.62. The molecule has 1 heterocycles. The first kappa shape index (κ1) is 14.1. The molecule has 0 bridgehead atoms. The molecule has 2 N–H and O–H groups in total. The Morgan fingerprint density at radius 2 is 2.18 bits per heavy atom. The van der Waals surface area contributed by atoms with E-state index in [0.717, 1.165) is 11.3 Å². The number of nitrogens with zero attached hydrogens (tertiary/aromatic N) is 1. The van der Waals surface area contributed by atoms with Gasteiger partial charge in [-0.05, 0) is 18.1 Å². The highest BCUT2D eigenvalue weighted by Crippen LogP contribution is 2.20. The molecule has 17 heavy (non-hydrogen) atoms. The summed E-state index contributed by atoms with van der Waals surface area (Å²) >= 11 is 0.907. The molecule has 1 rings (SSSR count). The predicted octanol–water partition coefficient (Wildman–Crippen LogP) is 0.915. The summed E-state index contributed by atoms with van der Waals surface area (Å²) < 4.78 is 25.9. The van der Waals surface area contributed by atoms with Crippen LogP contribution in [0.1, 0.15) is 18.7 Å². The highest BCUT2D eigenvalue weighted by atomic mass is 32.2. The lowest BCUT2D eigenvalue weighted by atomic mass is 10.1. The summed E-state index contributed by atoms with van der Waals surface area (Å²) in [6.45, 7) is 3.58. The summed E-state index contributed by atoms with van der Waals surface area (Å²) in [6, 6.07) is 4.72. The Hall–Kier alpha value is -0.940. The average molecular weight is 274 g/mol. The maximum absolute atomic E-state index is 11.8. The van der Waals surface area contributed by atoms with Crippen molar-refractivity contribution in [3.8, 4) is 6.07 Å². The van der Waals surface area contributed by atoms with Crippen molar-refractivity contribution >= 4 is 21.4 Å². The lowest BCUT2D eigenvalue weighted by Gasteiger charge is -2.14. The van der Waals surface area contributed by atoms with Crippen molar-refractivity contribution in [3.63, 3.8) is 0 Å². The number of thiophene rings is 1. The number of rotatable bonds is 5. The number of sulfonamides is 1. The minimum absolute atomic E-state index is 0.0179. The van der Waals surface area contributed by atoms with E-state index in [1.54, 1.807) is 13.8 Å². The molecule has 1 aromatic heterocycles. The van der Waals surface area contributed by atoms with Crippen molar-refractivity contribution in [2.45, 2.75) is 24.2 Å². The molecule has 5 nitrogen and oxygen atoms in total. The largest absolute Gasteiger partial charge is 0.391 e. The summed E-state index contributed by atoms with van der Waals surface area (Å²) in [5.41, 5.74) is 0. The molecule has 0 aliphatic carbocycles. The zero-order chi connectivity index (χ0) is 13.1. The third-order valence-corrected chi connectivity index (χ3v) is 5.11. The molecule has 0 spiro atoms. The Kier molecular flexibility index (Phi) is 4.65. The normalized spacial score (nSPS) is 13.6. The van der Waals surface area contributed by atoms with Crippen LogP contribution >= 0.6 is 11.3 Å². The lowest BCUT2D eigenvalue weighted by Crippen LogP contribution is -2.34. The highest BCUT2D eigenvalue weighted by Gasteiger charge is 2.19. The maximum Gasteiger partial charge on any atom is 0.250 e. The van der Waals surface area contributed by atoms with Gasteiger partial charge >= 0.3 is 0 Å². The molecule has 0 radical (unpaired) electrons. The number of hydrogen-bond acceptors (Lipinski definition) is 5. The summed E-state index contributed by atoms with van der Waals surface area (Å²) in [4.78, 5) is 0.342. The van der Waals surface area contributed by atoms with E-state index in [1.807, 2.05) is 6.07 Å². The third-order valence-electron chi connectivity index (χ3n) is 2.21. The molecule has 0 amide bonds. The van der Waals surface area contributed by atoms with Crippen LogP contribution in [0, 0.1) is 17.2 Å². The second-order valence-corrected chi connectivity index (χ2v) is 6.97. The summed E-state index contributed by atoms with van der Waals surface area (Å²) in [7, 11) is -3.62. The van der Waals surface area contributed by atoms with Gasteiger partial charge in [-0.1, -0.05) is 13.8 Å². The molecule has 1 aromatic rings. The van der Waals surface area contributed by atoms with Crippen LogP contribution in [0.5, 0.6) is 0 Å². The highest BCUT2D eigenvalue weighted by molar-refractivity contribution is 7.91. The van der Waals surface area contributed by atoms with Crippen LogP contribution in [0.3, 0.4) is 0 Å². The van der Waals surface area contributed by atoms with Crippen molar-refractivity contribution in [2.75, 3.05) is 6.54 Å². The molecule has 94 valence electrons. The summed E-state index contributed by atoms with van der Waals surface area (Å²) in [5.74, 6) is -0.0179. The van der Waals surface area contributed by atoms with Crippen molar-refractivity contribution in [3.05, 3.63) is 17.0 Å². The van der Waals surface area contributed by atoms with Gasteiger partial charge in [-0.2, -0.15) is 5.26 Å². The molecular weight excluding hydrogens is 260 g/mol. The molecule has 0 saturated carbocycles. The number of nitrogens with one attached hydrogen (secondary N) is 1. The van der Waals surface area contributed by atoms with Gasteiger partial charge in [0.05, 0.1) is 6.10 Å². The van der Waals surface area contributed by atoms with Gasteiger partial charge in [-0.3, -0.25) is 0 Å². The van der Waals surface area contributed by atoms with Crippen LogP contribution in [-0.2, 0) is 10.0 Å². The number of aliphatic hydroxyl groups is 1. The fraction of sp³-hybridized carbons (Fsp3) is 0.500. The number of hydrogen-bond donors (Lipinski definition) is 2. The van der Waals surface area contributed by atoms with Crippen LogP contribution in [0.2, 0.25) is 0 Å². The number of aliphatic hydroxyl groups excluding tert-OH is 1. The van der Waals surface area contributed by atoms with Gasteiger partial charge in [0, 0.05) is 6.54 Å². The Labute approximate surface area is 105 Å². The van der Waals surface area contributed by atoms with E-state index in [9.17, 15) is 13.5 Å². The SMILES string of the molecule is CC(C)C(O)CNS(=O)(=O)c1ccc(C#N)s1. The molecular formula is C10H14N2O3S2. The first-order chi connectivity index (χ1) is 7.86. The van der Waals surface area contributed by atoms with Gasteiger partial charge in [-0.15, -0.1) is 11.3 Å². The van der Waals surface area contributed by atoms with Crippen LogP contribution in [0.4, 0.5) is 0 Å². The Morgan fingerprint density at radius 3 is 2.65 bits per heavy atom. The smallest absolute Gasteiger partial charge is 0.250 e. The van der Waals surface area contributed by atoms with E-state index in [-0.39, 0.29) is 16.7 Å². The van der Waals surface area contributed by atoms with Gasteiger partial charge in [0.1, 0.15) is 15.2 Å². The van der Waals surface area contributed by atoms with E-state index >= 15 is 0 Å². The van der Waals surface area contributed by atoms with Crippen molar-refractivity contribution < 1.29 is 13.5 Å². The fourth-order valence-electron chi connectivity index (χ4n) is 1.03. The van der Waals surface area contributed by atoms with Gasteiger partial charge < -0.3 is 5.11 Å². The van der Waals surface area contributed by atoms with Crippen LogP contribution in [0.25, 0.3) is 0 Å². The second-order valence-electron chi connectivity index (χ2n) is 3.89. The minimum Gasteiger partial charge on any atom is -0.391 e. The topological polar surface area (TPSA) is 90.2 Å². The van der Waals surface area contributed by atoms with Crippen LogP contribution < -0.4 is 4.72 Å². The van der Waals surface area contributed by atoms with Crippen molar-refractivity contribution in [1.29, 1.82) is 5.26 Å². The Bertz CT molecular complexity index is 514. The first-order valence-corrected chi connectivity index (χ1v) is 7.34. The molecule has 0 aliphatic rings. The van der Waals surface area contributed by atoms with E-state index < -0.39 is 16.1 Å². The standard InChI is InChI=1S/C10H14N2O3S2/c1-7(2)9(13)6-12-17(14,15)10-4-3-8(5-11)16-10/h3-4,7,9,12-13H,6H2,1-2H3. The van der Waals surface area contributed by atoms with E-state index in [4.69, 9.17) is 5.26 Å². The third kappa shape index (κ3) is 3.78. The fourth-order valence-corrected chi connectivity index (χ4v) is 3.23. The summed E-state index contributed by atoms with van der Waals surface area (Å²) in [5, 5.41) is 18.1. The van der Waals surface area contributed by atoms with Crippen molar-refractivity contribution in [2.24, 2.45) is 5.92 Å².